The summed E-state index contributed by atoms with van der Waals surface area (Å²) in [5, 5.41) is 8.96. The van der Waals surface area contributed by atoms with E-state index in [4.69, 9.17) is 14.6 Å². The van der Waals surface area contributed by atoms with Crippen molar-refractivity contribution in [2.75, 3.05) is 13.2 Å². The van der Waals surface area contributed by atoms with Gasteiger partial charge < -0.3 is 14.6 Å². The van der Waals surface area contributed by atoms with E-state index in [0.717, 1.165) is 25.2 Å². The molecule has 0 unspecified atom stereocenters. The molecule has 0 saturated heterocycles. The van der Waals surface area contributed by atoms with Gasteiger partial charge in [0.1, 0.15) is 6.26 Å². The van der Waals surface area contributed by atoms with Gasteiger partial charge >= 0.3 is 11.9 Å². The summed E-state index contributed by atoms with van der Waals surface area (Å²) in [6.45, 7) is 8.23. The fourth-order valence-corrected chi connectivity index (χ4v) is 1.56. The van der Waals surface area contributed by atoms with Gasteiger partial charge in [0.2, 0.25) is 0 Å². The Morgan fingerprint density at radius 3 is 2.35 bits per heavy atom. The van der Waals surface area contributed by atoms with E-state index in [1.165, 1.54) is 13.8 Å². The monoisotopic (exact) mass is 324 g/mol. The van der Waals surface area contributed by atoms with Crippen LogP contribution in [0.4, 0.5) is 0 Å². The first kappa shape index (κ1) is 20.8. The molecule has 128 valence electrons. The van der Waals surface area contributed by atoms with Crippen molar-refractivity contribution in [3.05, 3.63) is 35.6 Å². The van der Waals surface area contributed by atoms with Gasteiger partial charge in [-0.3, -0.25) is 4.79 Å². The van der Waals surface area contributed by atoms with Crippen LogP contribution in [0.1, 0.15) is 40.0 Å². The number of ether oxygens (including phenoxy) is 2. The lowest BCUT2D eigenvalue weighted by Crippen LogP contribution is -2.12. The summed E-state index contributed by atoms with van der Waals surface area (Å²) in [4.78, 5) is 35.2. The summed E-state index contributed by atoms with van der Waals surface area (Å²) in [6, 6.07) is 0. The Labute approximate surface area is 136 Å². The van der Waals surface area contributed by atoms with Gasteiger partial charge in [0.05, 0.1) is 12.2 Å². The molecule has 0 saturated carbocycles. The molecule has 0 aliphatic rings. The second kappa shape index (κ2) is 11.4. The first-order chi connectivity index (χ1) is 10.9. The van der Waals surface area contributed by atoms with E-state index in [1.807, 2.05) is 6.92 Å². The number of rotatable bonds is 10. The maximum atomic E-state index is 11.9. The molecule has 0 bridgehead atoms. The summed E-state index contributed by atoms with van der Waals surface area (Å²) in [7, 11) is 0. The molecule has 0 atom stereocenters. The molecule has 0 aromatic carbocycles. The van der Waals surface area contributed by atoms with Gasteiger partial charge in [0.25, 0.3) is 0 Å². The minimum Gasteiger partial charge on any atom is -0.462 e. The van der Waals surface area contributed by atoms with Crippen LogP contribution in [0.15, 0.2) is 35.6 Å². The Morgan fingerprint density at radius 1 is 1.17 bits per heavy atom. The van der Waals surface area contributed by atoms with Crippen molar-refractivity contribution < 1.29 is 29.0 Å². The highest BCUT2D eigenvalue weighted by atomic mass is 16.5. The first-order valence-corrected chi connectivity index (χ1v) is 7.41. The number of allylic oxidation sites excluding steroid dienone is 1. The minimum absolute atomic E-state index is 0.0214. The molecule has 0 fully saturated rings. The van der Waals surface area contributed by atoms with E-state index in [-0.39, 0.29) is 29.7 Å². The fourth-order valence-electron chi connectivity index (χ4n) is 1.56. The maximum absolute atomic E-state index is 11.9. The van der Waals surface area contributed by atoms with Crippen molar-refractivity contribution in [1.29, 1.82) is 0 Å². The number of carbonyl (C=O) groups excluding carboxylic acids is 3. The van der Waals surface area contributed by atoms with Crippen molar-refractivity contribution in [1.82, 2.24) is 0 Å². The summed E-state index contributed by atoms with van der Waals surface area (Å²) < 4.78 is 9.85. The smallest absolute Gasteiger partial charge is 0.338 e. The van der Waals surface area contributed by atoms with Crippen LogP contribution in [-0.4, -0.2) is 36.0 Å². The summed E-state index contributed by atoms with van der Waals surface area (Å²) in [6.07, 6.45) is 3.74. The van der Waals surface area contributed by atoms with E-state index in [0.29, 0.717) is 6.61 Å². The lowest BCUT2D eigenvalue weighted by molar-refractivity contribution is -0.139. The molecular weight excluding hydrogens is 300 g/mol. The zero-order valence-electron chi connectivity index (χ0n) is 13.9. The van der Waals surface area contributed by atoms with E-state index in [1.54, 1.807) is 0 Å². The van der Waals surface area contributed by atoms with Gasteiger partial charge in [-0.2, -0.15) is 0 Å². The number of unbranched alkanes of at least 4 members (excludes halogenated alkanes) is 1. The van der Waals surface area contributed by atoms with E-state index >= 15 is 0 Å². The third-order valence-electron chi connectivity index (χ3n) is 3.00. The molecule has 0 spiro atoms. The van der Waals surface area contributed by atoms with Crippen LogP contribution in [0, 0.1) is 0 Å². The second-order valence-corrected chi connectivity index (χ2v) is 4.84. The molecule has 23 heavy (non-hydrogen) atoms. The zero-order valence-corrected chi connectivity index (χ0v) is 13.9. The predicted octanol–water partition coefficient (Wildman–Crippen LogP) is 2.23. The minimum atomic E-state index is -0.774. The van der Waals surface area contributed by atoms with Crippen molar-refractivity contribution in [3.63, 3.8) is 0 Å². The Balaban J connectivity index is 4.90. The van der Waals surface area contributed by atoms with Crippen LogP contribution in [0.25, 0.3) is 0 Å². The Kier molecular flexibility index (Phi) is 10.3. The van der Waals surface area contributed by atoms with Crippen LogP contribution < -0.4 is 0 Å². The van der Waals surface area contributed by atoms with E-state index in [9.17, 15) is 14.4 Å². The topological polar surface area (TPSA) is 89.9 Å². The van der Waals surface area contributed by atoms with Crippen molar-refractivity contribution in [3.8, 4) is 0 Å². The third kappa shape index (κ3) is 7.56. The van der Waals surface area contributed by atoms with Crippen molar-refractivity contribution >= 4 is 17.7 Å². The average Bonchev–Trinajstić information content (AvgIpc) is 2.55. The van der Waals surface area contributed by atoms with Crippen LogP contribution in [-0.2, 0) is 23.9 Å². The normalized spacial score (nSPS) is 12.3. The lowest BCUT2D eigenvalue weighted by Gasteiger charge is -2.08. The predicted molar refractivity (Wildman–Crippen MR) is 85.3 cm³/mol. The molecule has 6 heteroatoms. The molecule has 0 radical (unpaired) electrons. The third-order valence-corrected chi connectivity index (χ3v) is 3.00. The molecule has 6 nitrogen and oxygen atoms in total. The van der Waals surface area contributed by atoms with Crippen LogP contribution in [0.3, 0.4) is 0 Å². The first-order valence-electron chi connectivity index (χ1n) is 7.41. The molecule has 0 aliphatic carbocycles. The molecule has 0 aliphatic heterocycles. The molecule has 0 heterocycles. The Hall–Kier alpha value is -2.21. The van der Waals surface area contributed by atoms with Gasteiger partial charge in [0.15, 0.2) is 5.78 Å². The summed E-state index contributed by atoms with van der Waals surface area (Å²) in [5.74, 6) is -1.79. The zero-order chi connectivity index (χ0) is 17.8. The molecule has 0 rings (SSSR count). The number of hydrogen-bond donors (Lipinski definition) is 1. The van der Waals surface area contributed by atoms with Crippen LogP contribution in [0.2, 0.25) is 0 Å². The lowest BCUT2D eigenvalue weighted by atomic mass is 10.0. The largest absolute Gasteiger partial charge is 0.462 e. The molecule has 0 amide bonds. The van der Waals surface area contributed by atoms with Gasteiger partial charge in [-0.1, -0.05) is 19.9 Å². The van der Waals surface area contributed by atoms with E-state index in [2.05, 4.69) is 6.58 Å². The summed E-state index contributed by atoms with van der Waals surface area (Å²) >= 11 is 0. The highest BCUT2D eigenvalue weighted by molar-refractivity contribution is 6.09. The van der Waals surface area contributed by atoms with Crippen molar-refractivity contribution in [2.24, 2.45) is 0 Å². The summed E-state index contributed by atoms with van der Waals surface area (Å²) in [5.41, 5.74) is 0.331. The number of ketones is 1. The standard InChI is InChI=1S/C17H24O6/c1-5-7-10-22-16(20)12(3)11-23-17(21)13(4)14(8-9-18)15(19)6-2/h6,11,18H,2,5,7-10H2,1,3-4H3. The van der Waals surface area contributed by atoms with E-state index < -0.39 is 17.7 Å². The molecule has 0 aromatic heterocycles. The highest BCUT2D eigenvalue weighted by Crippen LogP contribution is 2.13. The van der Waals surface area contributed by atoms with Crippen molar-refractivity contribution in [2.45, 2.75) is 40.0 Å². The highest BCUT2D eigenvalue weighted by Gasteiger charge is 2.16. The number of carbonyl (C=O) groups is 3. The SMILES string of the molecule is C=CC(=O)C(CCO)=C(C)C(=O)OC=C(C)C(=O)OCCCC. The Morgan fingerprint density at radius 2 is 1.83 bits per heavy atom. The molecule has 1 N–H and O–H groups in total. The van der Waals surface area contributed by atoms with Gasteiger partial charge in [-0.25, -0.2) is 9.59 Å². The molecule has 0 aromatic rings. The molecular formula is C17H24O6. The van der Waals surface area contributed by atoms with Crippen LogP contribution in [0.5, 0.6) is 0 Å². The van der Waals surface area contributed by atoms with Crippen LogP contribution >= 0.6 is 0 Å². The maximum Gasteiger partial charge on any atom is 0.338 e. The fraction of sp³-hybridized carbons (Fsp3) is 0.471. The number of hydrogen-bond acceptors (Lipinski definition) is 6. The number of aliphatic hydroxyl groups excluding tert-OH is 1. The van der Waals surface area contributed by atoms with Gasteiger partial charge in [-0.05, 0) is 32.8 Å². The second-order valence-electron chi connectivity index (χ2n) is 4.84. The number of aliphatic hydroxyl groups is 1. The number of esters is 2. The van der Waals surface area contributed by atoms with Gasteiger partial charge in [-0.15, -0.1) is 0 Å². The average molecular weight is 324 g/mol. The quantitative estimate of drug-likeness (QED) is 0.287. The Bertz CT molecular complexity index is 513. The van der Waals surface area contributed by atoms with Gasteiger partial charge in [0, 0.05) is 17.8 Å².